The van der Waals surface area contributed by atoms with Crippen LogP contribution in [-0.2, 0) is 26.0 Å². The number of nitrogens with zero attached hydrogens (tertiary/aromatic N) is 1. The Hall–Kier alpha value is -2.11. The zero-order valence-corrected chi connectivity index (χ0v) is 20.5. The monoisotopic (exact) mass is 449 g/mol. The molecule has 0 unspecified atom stereocenters. The molecule has 1 spiro atoms. The number of ether oxygens (including phenoxy) is 3. The molecule has 0 N–H and O–H groups in total. The normalized spacial score (nSPS) is 32.4. The summed E-state index contributed by atoms with van der Waals surface area (Å²) in [6.45, 7) is 12.0. The van der Waals surface area contributed by atoms with Crippen molar-refractivity contribution in [3.05, 3.63) is 47.2 Å². The highest BCUT2D eigenvalue weighted by atomic mass is 16.7. The number of carbonyl (C=O) groups excluding carboxylic acids is 1. The van der Waals surface area contributed by atoms with Gasteiger partial charge in [0.05, 0.1) is 18.7 Å². The fourth-order valence-electron chi connectivity index (χ4n) is 7.32. The standard InChI is InChI=1S/C28H35NO4/c1-25(2,3)33-24(30)29-22-9-7-6-8-20(22)21-16-18-10-11-19-17-28(31-14-15-32-28)13-12-26(19,4)27(18,5)23(21)29/h6-9,11,18H,10,12-17H2,1-5H3/t18-,26-,27+/m0/s1. The van der Waals surface area contributed by atoms with Gasteiger partial charge in [0, 0.05) is 29.3 Å². The van der Waals surface area contributed by atoms with E-state index in [0.29, 0.717) is 19.1 Å². The fourth-order valence-corrected chi connectivity index (χ4v) is 7.32. The molecule has 2 heterocycles. The number of fused-ring (bicyclic) bond motifs is 7. The first-order valence-corrected chi connectivity index (χ1v) is 12.4. The Labute approximate surface area is 196 Å². The highest BCUT2D eigenvalue weighted by Crippen LogP contribution is 2.66. The minimum atomic E-state index is -0.551. The van der Waals surface area contributed by atoms with E-state index in [9.17, 15) is 4.79 Å². The number of hydrogen-bond acceptors (Lipinski definition) is 4. The molecule has 2 fully saturated rings. The van der Waals surface area contributed by atoms with Crippen LogP contribution in [0, 0.1) is 11.3 Å². The molecule has 1 saturated carbocycles. The van der Waals surface area contributed by atoms with Gasteiger partial charge in [0.15, 0.2) is 5.79 Å². The zero-order chi connectivity index (χ0) is 23.2. The van der Waals surface area contributed by atoms with Crippen LogP contribution in [0.2, 0.25) is 0 Å². The minimum Gasteiger partial charge on any atom is -0.443 e. The van der Waals surface area contributed by atoms with Gasteiger partial charge in [0.1, 0.15) is 5.60 Å². The van der Waals surface area contributed by atoms with Gasteiger partial charge in [0.25, 0.3) is 0 Å². The van der Waals surface area contributed by atoms with E-state index < -0.39 is 11.4 Å². The summed E-state index contributed by atoms with van der Waals surface area (Å²) < 4.78 is 20.1. The second-order valence-electron chi connectivity index (χ2n) is 11.8. The molecular weight excluding hydrogens is 414 g/mol. The van der Waals surface area contributed by atoms with Gasteiger partial charge in [-0.3, -0.25) is 0 Å². The Morgan fingerprint density at radius 1 is 1.12 bits per heavy atom. The first-order valence-electron chi connectivity index (χ1n) is 12.4. The Kier molecular flexibility index (Phi) is 4.37. The Bertz CT molecular complexity index is 1180. The maximum atomic E-state index is 13.7. The zero-order valence-electron chi connectivity index (χ0n) is 20.5. The number of aromatic nitrogens is 1. The van der Waals surface area contributed by atoms with Gasteiger partial charge in [-0.2, -0.15) is 0 Å². The van der Waals surface area contributed by atoms with E-state index in [1.54, 1.807) is 0 Å². The van der Waals surface area contributed by atoms with Crippen molar-refractivity contribution >= 4 is 17.0 Å². The molecule has 1 saturated heterocycles. The fraction of sp³-hybridized carbons (Fsp3) is 0.607. The molecule has 0 radical (unpaired) electrons. The summed E-state index contributed by atoms with van der Waals surface area (Å²) in [5.74, 6) is 0.0161. The lowest BCUT2D eigenvalue weighted by Crippen LogP contribution is -2.54. The number of carbonyl (C=O) groups is 1. The minimum absolute atomic E-state index is 0.0597. The van der Waals surface area contributed by atoms with E-state index in [0.717, 1.165) is 37.6 Å². The van der Waals surface area contributed by atoms with Gasteiger partial charge in [-0.15, -0.1) is 0 Å². The topological polar surface area (TPSA) is 49.7 Å². The van der Waals surface area contributed by atoms with Crippen molar-refractivity contribution in [3.8, 4) is 0 Å². The van der Waals surface area contributed by atoms with Gasteiger partial charge in [-0.05, 0) is 63.0 Å². The quantitative estimate of drug-likeness (QED) is 0.455. The summed E-state index contributed by atoms with van der Waals surface area (Å²) in [5, 5.41) is 1.19. The van der Waals surface area contributed by atoms with E-state index >= 15 is 0 Å². The van der Waals surface area contributed by atoms with Gasteiger partial charge >= 0.3 is 6.09 Å². The molecule has 1 aliphatic heterocycles. The maximum absolute atomic E-state index is 13.7. The summed E-state index contributed by atoms with van der Waals surface area (Å²) in [6, 6.07) is 8.33. The highest BCUT2D eigenvalue weighted by molar-refractivity contribution is 5.95. The summed E-state index contributed by atoms with van der Waals surface area (Å²) in [6.07, 6.45) is 6.93. The van der Waals surface area contributed by atoms with Gasteiger partial charge < -0.3 is 14.2 Å². The van der Waals surface area contributed by atoms with Crippen LogP contribution < -0.4 is 0 Å². The molecule has 33 heavy (non-hydrogen) atoms. The van der Waals surface area contributed by atoms with Crippen molar-refractivity contribution in [1.29, 1.82) is 0 Å². The van der Waals surface area contributed by atoms with Crippen LogP contribution in [-0.4, -0.2) is 35.3 Å². The molecule has 2 aromatic rings. The number of hydrogen-bond donors (Lipinski definition) is 0. The van der Waals surface area contributed by atoms with Crippen molar-refractivity contribution in [2.75, 3.05) is 13.2 Å². The van der Waals surface area contributed by atoms with E-state index in [2.05, 4.69) is 38.1 Å². The molecule has 1 aromatic carbocycles. The van der Waals surface area contributed by atoms with E-state index in [1.165, 1.54) is 22.2 Å². The van der Waals surface area contributed by atoms with E-state index in [-0.39, 0.29) is 16.9 Å². The summed E-state index contributed by atoms with van der Waals surface area (Å²) in [5.41, 5.74) is 4.12. The van der Waals surface area contributed by atoms with Crippen LogP contribution in [0.25, 0.3) is 10.9 Å². The van der Waals surface area contributed by atoms with Crippen LogP contribution in [0.3, 0.4) is 0 Å². The summed E-state index contributed by atoms with van der Waals surface area (Å²) in [4.78, 5) is 13.7. The predicted octanol–water partition coefficient (Wildman–Crippen LogP) is 6.12. The average Bonchev–Trinajstić information content (AvgIpc) is 3.41. The third kappa shape index (κ3) is 2.81. The third-order valence-electron chi connectivity index (χ3n) is 9.10. The first-order chi connectivity index (χ1) is 15.6. The molecular formula is C28H35NO4. The lowest BCUT2D eigenvalue weighted by Gasteiger charge is -2.57. The summed E-state index contributed by atoms with van der Waals surface area (Å²) in [7, 11) is 0. The van der Waals surface area contributed by atoms with Crippen molar-refractivity contribution in [2.45, 2.75) is 83.5 Å². The van der Waals surface area contributed by atoms with Crippen LogP contribution >= 0.6 is 0 Å². The number of benzene rings is 1. The molecule has 4 aliphatic rings. The van der Waals surface area contributed by atoms with Crippen LogP contribution in [0.1, 0.15) is 71.6 Å². The Morgan fingerprint density at radius 2 is 1.85 bits per heavy atom. The number of allylic oxidation sites excluding steroid dienone is 1. The second kappa shape index (κ2) is 6.73. The Morgan fingerprint density at radius 3 is 2.58 bits per heavy atom. The van der Waals surface area contributed by atoms with Crippen molar-refractivity contribution in [3.63, 3.8) is 0 Å². The smallest absolute Gasteiger partial charge is 0.419 e. The molecule has 176 valence electrons. The molecule has 0 amide bonds. The predicted molar refractivity (Wildman–Crippen MR) is 127 cm³/mol. The SMILES string of the molecule is CC(C)(C)OC(=O)n1c2c(c3ccccc31)C[C@@H]1CC=C3CC4(CC[C@]3(C)[C@@]21C)OCCO4. The van der Waals surface area contributed by atoms with Gasteiger partial charge in [-0.25, -0.2) is 9.36 Å². The lowest BCUT2D eigenvalue weighted by atomic mass is 9.49. The average molecular weight is 450 g/mol. The van der Waals surface area contributed by atoms with Gasteiger partial charge in [-0.1, -0.05) is 43.7 Å². The molecule has 1 aromatic heterocycles. The lowest BCUT2D eigenvalue weighted by molar-refractivity contribution is -0.182. The van der Waals surface area contributed by atoms with Crippen LogP contribution in [0.15, 0.2) is 35.9 Å². The van der Waals surface area contributed by atoms with Crippen molar-refractivity contribution < 1.29 is 19.0 Å². The molecule has 3 aliphatic carbocycles. The largest absolute Gasteiger partial charge is 0.443 e. The highest BCUT2D eigenvalue weighted by Gasteiger charge is 2.63. The van der Waals surface area contributed by atoms with Gasteiger partial charge in [0.2, 0.25) is 0 Å². The number of rotatable bonds is 0. The van der Waals surface area contributed by atoms with Crippen molar-refractivity contribution in [1.82, 2.24) is 4.57 Å². The maximum Gasteiger partial charge on any atom is 0.419 e. The molecule has 5 nitrogen and oxygen atoms in total. The molecule has 3 atom stereocenters. The molecule has 6 rings (SSSR count). The van der Waals surface area contributed by atoms with Crippen LogP contribution in [0.4, 0.5) is 4.79 Å². The van der Waals surface area contributed by atoms with E-state index in [1.807, 2.05) is 31.4 Å². The summed E-state index contributed by atoms with van der Waals surface area (Å²) >= 11 is 0. The van der Waals surface area contributed by atoms with Crippen LogP contribution in [0.5, 0.6) is 0 Å². The Balaban J connectivity index is 1.53. The number of para-hydroxylation sites is 1. The molecule has 5 heteroatoms. The second-order valence-corrected chi connectivity index (χ2v) is 11.8. The third-order valence-corrected chi connectivity index (χ3v) is 9.10. The molecule has 0 bridgehead atoms. The first kappa shape index (κ1) is 21.4. The van der Waals surface area contributed by atoms with E-state index in [4.69, 9.17) is 14.2 Å². The van der Waals surface area contributed by atoms with Crippen molar-refractivity contribution in [2.24, 2.45) is 11.3 Å².